The Morgan fingerprint density at radius 2 is 1.62 bits per heavy atom. The molecule has 0 bridgehead atoms. The van der Waals surface area contributed by atoms with E-state index in [1.807, 2.05) is 24.3 Å². The molecule has 0 saturated heterocycles. The Hall–Kier alpha value is -2.71. The van der Waals surface area contributed by atoms with Gasteiger partial charge in [-0.05, 0) is 60.1 Å². The van der Waals surface area contributed by atoms with E-state index >= 15 is 0 Å². The quantitative estimate of drug-likeness (QED) is 0.430. The second kappa shape index (κ2) is 10.7. The smallest absolute Gasteiger partial charge is 0.274 e. The highest BCUT2D eigenvalue weighted by Gasteiger charge is 2.37. The summed E-state index contributed by atoms with van der Waals surface area (Å²) in [7, 11) is -2.13. The minimum Gasteiger partial charge on any atom is -0.497 e. The van der Waals surface area contributed by atoms with Gasteiger partial charge in [-0.3, -0.25) is 0 Å². The highest BCUT2D eigenvalue weighted by atomic mass is 32.2. The molecule has 4 N–H and O–H groups in total. The lowest BCUT2D eigenvalue weighted by Gasteiger charge is -2.41. The summed E-state index contributed by atoms with van der Waals surface area (Å²) < 4.78 is 31.2. The van der Waals surface area contributed by atoms with Gasteiger partial charge in [-0.1, -0.05) is 66.7 Å². The summed E-state index contributed by atoms with van der Waals surface area (Å²) in [6.45, 7) is 1.09. The Morgan fingerprint density at radius 3 is 2.26 bits per heavy atom. The minimum absolute atomic E-state index is 0.284. The molecule has 0 spiro atoms. The Balaban J connectivity index is 1.39. The molecule has 0 heterocycles. The van der Waals surface area contributed by atoms with Crippen LogP contribution in [0.25, 0.3) is 11.1 Å². The number of ether oxygens (including phenoxy) is 1. The van der Waals surface area contributed by atoms with Gasteiger partial charge in [0.05, 0.1) is 7.11 Å². The summed E-state index contributed by atoms with van der Waals surface area (Å²) in [5, 5.41) is 8.95. The number of nitrogens with one attached hydrogen (secondary N) is 2. The van der Waals surface area contributed by atoms with Crippen LogP contribution in [0.4, 0.5) is 0 Å². The summed E-state index contributed by atoms with van der Waals surface area (Å²) >= 11 is 0. The Kier molecular flexibility index (Phi) is 7.68. The fourth-order valence-corrected chi connectivity index (χ4v) is 5.32. The first kappa shape index (κ1) is 24.4. The van der Waals surface area contributed by atoms with Crippen LogP contribution >= 0.6 is 0 Å². The van der Waals surface area contributed by atoms with E-state index < -0.39 is 10.2 Å². The molecule has 0 atom stereocenters. The molecule has 6 nitrogen and oxygen atoms in total. The molecule has 0 aromatic heterocycles. The van der Waals surface area contributed by atoms with Gasteiger partial charge in [0.1, 0.15) is 5.75 Å². The molecule has 1 aliphatic rings. The van der Waals surface area contributed by atoms with Gasteiger partial charge in [0.2, 0.25) is 0 Å². The Bertz CT molecular complexity index is 1170. The summed E-state index contributed by atoms with van der Waals surface area (Å²) in [5.74, 6) is 0.770. The second-order valence-corrected chi connectivity index (χ2v) is 10.5. The van der Waals surface area contributed by atoms with Gasteiger partial charge in [0, 0.05) is 24.5 Å². The lowest BCUT2D eigenvalue weighted by Crippen LogP contribution is -2.47. The fourth-order valence-electron chi connectivity index (χ4n) is 4.84. The van der Waals surface area contributed by atoms with Gasteiger partial charge < -0.3 is 10.1 Å². The van der Waals surface area contributed by atoms with Crippen LogP contribution in [0.15, 0.2) is 78.9 Å². The van der Waals surface area contributed by atoms with Crippen LogP contribution in [-0.2, 0) is 22.2 Å². The van der Waals surface area contributed by atoms with Crippen molar-refractivity contribution in [3.8, 4) is 16.9 Å². The third-order valence-corrected chi connectivity index (χ3v) is 7.44. The van der Waals surface area contributed by atoms with Crippen molar-refractivity contribution < 1.29 is 13.2 Å². The monoisotopic (exact) mass is 479 g/mol. The lowest BCUT2D eigenvalue weighted by molar-refractivity contribution is 0.245. The molecule has 0 unspecified atom stereocenters. The largest absolute Gasteiger partial charge is 0.497 e. The van der Waals surface area contributed by atoms with E-state index in [-0.39, 0.29) is 12.0 Å². The van der Waals surface area contributed by atoms with Crippen molar-refractivity contribution in [2.75, 3.05) is 13.7 Å². The van der Waals surface area contributed by atoms with E-state index in [0.717, 1.165) is 43.5 Å². The van der Waals surface area contributed by atoms with Crippen molar-refractivity contribution in [2.45, 2.75) is 43.7 Å². The molecule has 180 valence electrons. The van der Waals surface area contributed by atoms with Crippen LogP contribution in [0, 0.1) is 0 Å². The number of benzene rings is 3. The maximum atomic E-state index is 11.6. The molecule has 4 rings (SSSR count). The first-order chi connectivity index (χ1) is 16.4. The third kappa shape index (κ3) is 6.24. The van der Waals surface area contributed by atoms with Crippen LogP contribution in [0.2, 0.25) is 0 Å². The van der Waals surface area contributed by atoms with E-state index in [4.69, 9.17) is 9.88 Å². The predicted octanol–water partition coefficient (Wildman–Crippen LogP) is 4.13. The zero-order chi connectivity index (χ0) is 24.0. The van der Waals surface area contributed by atoms with Crippen LogP contribution < -0.4 is 19.9 Å². The van der Waals surface area contributed by atoms with E-state index in [2.05, 4.69) is 64.6 Å². The van der Waals surface area contributed by atoms with Crippen molar-refractivity contribution in [3.05, 3.63) is 90.0 Å². The van der Waals surface area contributed by atoms with Gasteiger partial charge in [0.15, 0.2) is 0 Å². The number of methoxy groups -OCH3 is 1. The van der Waals surface area contributed by atoms with Crippen molar-refractivity contribution in [1.82, 2.24) is 10.0 Å². The molecule has 1 saturated carbocycles. The molecule has 1 aliphatic carbocycles. The zero-order valence-electron chi connectivity index (χ0n) is 19.5. The van der Waals surface area contributed by atoms with E-state index in [1.165, 1.54) is 16.7 Å². The molecule has 0 radical (unpaired) electrons. The van der Waals surface area contributed by atoms with Crippen LogP contribution in [-0.4, -0.2) is 28.1 Å². The molecule has 34 heavy (non-hydrogen) atoms. The zero-order valence-corrected chi connectivity index (χ0v) is 20.4. The average Bonchev–Trinajstić information content (AvgIpc) is 2.87. The second-order valence-electron chi connectivity index (χ2n) is 9.10. The van der Waals surface area contributed by atoms with Gasteiger partial charge in [-0.25, -0.2) is 9.86 Å². The normalized spacial score (nSPS) is 20.7. The van der Waals surface area contributed by atoms with Crippen LogP contribution in [0.5, 0.6) is 5.75 Å². The number of hydrogen-bond acceptors (Lipinski definition) is 4. The predicted molar refractivity (Wildman–Crippen MR) is 137 cm³/mol. The van der Waals surface area contributed by atoms with Gasteiger partial charge >= 0.3 is 0 Å². The van der Waals surface area contributed by atoms with Gasteiger partial charge in [0.25, 0.3) is 10.2 Å². The third-order valence-electron chi connectivity index (χ3n) is 6.89. The standard InChI is InChI=1S/C27H33N3O3S/c1-33-26-9-5-8-24(18-26)27(20-30-34(28,31)32)16-14-25(15-17-27)29-19-21-10-12-23(13-11-21)22-6-3-2-4-7-22/h2-13,18,25,29-30H,14-17,19-20H2,1H3,(H2,28,31,32)/t25-,27-. The summed E-state index contributed by atoms with van der Waals surface area (Å²) in [6, 6.07) is 27.4. The lowest BCUT2D eigenvalue weighted by atomic mass is 9.68. The first-order valence-corrected chi connectivity index (χ1v) is 13.2. The Morgan fingerprint density at radius 1 is 0.941 bits per heavy atom. The van der Waals surface area contributed by atoms with Gasteiger partial charge in [-0.2, -0.15) is 8.42 Å². The topological polar surface area (TPSA) is 93.4 Å². The molecule has 0 amide bonds. The fraction of sp³-hybridized carbons (Fsp3) is 0.333. The number of nitrogens with two attached hydrogens (primary N) is 1. The maximum Gasteiger partial charge on any atom is 0.274 e. The van der Waals surface area contributed by atoms with Crippen LogP contribution in [0.1, 0.15) is 36.8 Å². The van der Waals surface area contributed by atoms with Crippen molar-refractivity contribution >= 4 is 10.2 Å². The van der Waals surface area contributed by atoms with E-state index in [1.54, 1.807) is 7.11 Å². The highest BCUT2D eigenvalue weighted by molar-refractivity contribution is 7.87. The van der Waals surface area contributed by atoms with E-state index in [9.17, 15) is 8.42 Å². The van der Waals surface area contributed by atoms with Crippen molar-refractivity contribution in [3.63, 3.8) is 0 Å². The molecule has 1 fully saturated rings. The summed E-state index contributed by atoms with van der Waals surface area (Å²) in [6.07, 6.45) is 3.61. The maximum absolute atomic E-state index is 11.6. The van der Waals surface area contributed by atoms with Gasteiger partial charge in [-0.15, -0.1) is 0 Å². The average molecular weight is 480 g/mol. The molecule has 3 aromatic carbocycles. The van der Waals surface area contributed by atoms with E-state index in [0.29, 0.717) is 6.04 Å². The molecule has 0 aliphatic heterocycles. The summed E-state index contributed by atoms with van der Waals surface area (Å²) in [5.41, 5.74) is 4.46. The van der Waals surface area contributed by atoms with Crippen LogP contribution in [0.3, 0.4) is 0 Å². The van der Waals surface area contributed by atoms with Crippen molar-refractivity contribution in [1.29, 1.82) is 0 Å². The minimum atomic E-state index is -3.77. The highest BCUT2D eigenvalue weighted by Crippen LogP contribution is 2.40. The molecule has 7 heteroatoms. The number of rotatable bonds is 9. The first-order valence-electron chi connectivity index (χ1n) is 11.7. The molecular weight excluding hydrogens is 446 g/mol. The SMILES string of the molecule is COc1cccc([C@]2(CNS(N)(=O)=O)CC[C@@H](NCc3ccc(-c4ccccc4)cc3)CC2)c1. The Labute approximate surface area is 202 Å². The molecular formula is C27H33N3O3S. The van der Waals surface area contributed by atoms with Crippen molar-refractivity contribution in [2.24, 2.45) is 5.14 Å². The number of hydrogen-bond donors (Lipinski definition) is 3. The molecule has 3 aromatic rings. The summed E-state index contributed by atoms with van der Waals surface area (Å²) in [4.78, 5) is 0.